The van der Waals surface area contributed by atoms with Gasteiger partial charge in [0.2, 0.25) is 0 Å². The molecule has 5 rings (SSSR count). The summed E-state index contributed by atoms with van der Waals surface area (Å²) in [6.07, 6.45) is 5.62. The minimum absolute atomic E-state index is 0.350. The van der Waals surface area contributed by atoms with Crippen LogP contribution in [0.3, 0.4) is 0 Å². The highest BCUT2D eigenvalue weighted by atomic mass is 32.2. The van der Waals surface area contributed by atoms with Gasteiger partial charge in [-0.05, 0) is 79.8 Å². The van der Waals surface area contributed by atoms with Crippen molar-refractivity contribution in [2.75, 3.05) is 18.5 Å². The van der Waals surface area contributed by atoms with E-state index >= 15 is 0 Å². The molecule has 0 unspecified atom stereocenters. The zero-order valence-electron chi connectivity index (χ0n) is 17.8. The number of halogens is 1. The fourth-order valence-corrected chi connectivity index (χ4v) is 5.97. The number of hydrogen-bond acceptors (Lipinski definition) is 5. The normalized spacial score (nSPS) is 18.9. The third-order valence-electron chi connectivity index (χ3n) is 6.52. The van der Waals surface area contributed by atoms with Gasteiger partial charge in [0.05, 0.1) is 13.2 Å². The molecule has 0 radical (unpaired) electrons. The monoisotopic (exact) mass is 460 g/mol. The highest BCUT2D eigenvalue weighted by Crippen LogP contribution is 2.38. The molecule has 0 atom stereocenters. The van der Waals surface area contributed by atoms with Crippen molar-refractivity contribution in [1.82, 2.24) is 4.72 Å². The van der Waals surface area contributed by atoms with Crippen LogP contribution in [-0.4, -0.2) is 27.7 Å². The first kappa shape index (κ1) is 21.4. The first-order valence-electron chi connectivity index (χ1n) is 10.8. The van der Waals surface area contributed by atoms with Crippen LogP contribution in [0.4, 0.5) is 14.9 Å². The summed E-state index contributed by atoms with van der Waals surface area (Å²) in [6.45, 7) is 2.34. The van der Waals surface area contributed by atoms with Crippen molar-refractivity contribution in [2.24, 2.45) is 0 Å². The fraction of sp³-hybridized carbons (Fsp3) is 0.435. The molecule has 0 aromatic heterocycles. The molecule has 0 saturated carbocycles. The summed E-state index contributed by atoms with van der Waals surface area (Å²) < 4.78 is 53.3. The van der Waals surface area contributed by atoms with E-state index < -0.39 is 32.6 Å². The molecule has 9 heteroatoms. The number of carbonyl (C=O) groups excluding carboxylic acids is 1. The average molecular weight is 461 g/mol. The second kappa shape index (κ2) is 7.83. The lowest BCUT2D eigenvalue weighted by atomic mass is 9.99. The van der Waals surface area contributed by atoms with E-state index in [1.807, 2.05) is 4.72 Å². The van der Waals surface area contributed by atoms with Crippen LogP contribution < -0.4 is 10.0 Å². The number of aryl methyl sites for hydroxylation is 2. The van der Waals surface area contributed by atoms with Crippen LogP contribution in [0.1, 0.15) is 47.6 Å². The number of urea groups is 1. The van der Waals surface area contributed by atoms with Gasteiger partial charge in [-0.25, -0.2) is 22.3 Å². The summed E-state index contributed by atoms with van der Waals surface area (Å²) in [5, 5.41) is 2.76. The summed E-state index contributed by atoms with van der Waals surface area (Å²) in [5.41, 5.74) is 5.66. The highest BCUT2D eigenvalue weighted by Gasteiger charge is 2.35. The fourth-order valence-electron chi connectivity index (χ4n) is 4.96. The number of rotatable bonds is 4. The molecular formula is C23H25FN2O5S. The largest absolute Gasteiger partial charge is 0.344 e. The standard InChI is InChI=1S/C23H25FN2O5S/c1-23(30-10-11-31-23)16-8-9-19(24)20(13-16)32(28,29)26-22(27)25-21-17-6-2-4-14(17)12-15-5-3-7-18(15)21/h8-9,12-13H,2-7,10-11H2,1H3,(H2,25,26,27). The van der Waals surface area contributed by atoms with Crippen molar-refractivity contribution >= 4 is 21.7 Å². The molecule has 32 heavy (non-hydrogen) atoms. The minimum Gasteiger partial charge on any atom is -0.344 e. The number of benzene rings is 2. The molecule has 2 N–H and O–H groups in total. The Bertz CT molecular complexity index is 1170. The van der Waals surface area contributed by atoms with Gasteiger partial charge >= 0.3 is 6.03 Å². The van der Waals surface area contributed by atoms with Crippen LogP contribution in [-0.2, 0) is 51.0 Å². The van der Waals surface area contributed by atoms with Crippen molar-refractivity contribution in [3.8, 4) is 0 Å². The molecule has 2 aliphatic carbocycles. The number of fused-ring (bicyclic) bond motifs is 2. The van der Waals surface area contributed by atoms with E-state index in [-0.39, 0.29) is 0 Å². The molecular weight excluding hydrogens is 435 g/mol. The average Bonchev–Trinajstić information content (AvgIpc) is 3.48. The van der Waals surface area contributed by atoms with Crippen LogP contribution in [0, 0.1) is 5.82 Å². The van der Waals surface area contributed by atoms with Gasteiger partial charge in [-0.2, -0.15) is 0 Å². The van der Waals surface area contributed by atoms with Gasteiger partial charge < -0.3 is 14.8 Å². The molecule has 1 aliphatic heterocycles. The first-order valence-corrected chi connectivity index (χ1v) is 12.3. The van der Waals surface area contributed by atoms with Gasteiger partial charge in [0, 0.05) is 11.3 Å². The van der Waals surface area contributed by atoms with Crippen LogP contribution in [0.25, 0.3) is 0 Å². The quantitative estimate of drug-likeness (QED) is 0.728. The number of carbonyl (C=O) groups is 1. The maximum Gasteiger partial charge on any atom is 0.333 e. The summed E-state index contributed by atoms with van der Waals surface area (Å²) in [6, 6.07) is 4.92. The van der Waals surface area contributed by atoms with Gasteiger partial charge in [0.15, 0.2) is 5.79 Å². The number of amides is 2. The predicted molar refractivity (Wildman–Crippen MR) is 115 cm³/mol. The van der Waals surface area contributed by atoms with E-state index in [9.17, 15) is 17.6 Å². The number of sulfonamides is 1. The summed E-state index contributed by atoms with van der Waals surface area (Å²) in [7, 11) is -4.47. The third kappa shape index (κ3) is 3.68. The van der Waals surface area contributed by atoms with Crippen LogP contribution >= 0.6 is 0 Å². The van der Waals surface area contributed by atoms with Gasteiger partial charge in [0.25, 0.3) is 10.0 Å². The molecule has 0 bridgehead atoms. The second-order valence-electron chi connectivity index (χ2n) is 8.58. The molecule has 1 fully saturated rings. The van der Waals surface area contributed by atoms with Crippen molar-refractivity contribution in [3.05, 3.63) is 57.9 Å². The summed E-state index contributed by atoms with van der Waals surface area (Å²) in [4.78, 5) is 12.1. The molecule has 2 aromatic carbocycles. The molecule has 3 aliphatic rings. The summed E-state index contributed by atoms with van der Waals surface area (Å²) >= 11 is 0. The lowest BCUT2D eigenvalue weighted by molar-refractivity contribution is -0.149. The maximum atomic E-state index is 14.5. The summed E-state index contributed by atoms with van der Waals surface area (Å²) in [5.74, 6) is -2.12. The van der Waals surface area contributed by atoms with Crippen molar-refractivity contribution in [2.45, 2.75) is 56.1 Å². The minimum atomic E-state index is -4.47. The topological polar surface area (TPSA) is 93.7 Å². The Balaban J connectivity index is 1.41. The molecule has 0 spiro atoms. The first-order chi connectivity index (χ1) is 15.3. The van der Waals surface area contributed by atoms with E-state index in [2.05, 4.69) is 11.4 Å². The number of anilines is 1. The molecule has 2 aromatic rings. The Kier molecular flexibility index (Phi) is 5.22. The molecule has 1 saturated heterocycles. The van der Waals surface area contributed by atoms with E-state index in [1.54, 1.807) is 6.92 Å². The number of ether oxygens (including phenoxy) is 2. The van der Waals surface area contributed by atoms with Crippen molar-refractivity contribution < 1.29 is 27.1 Å². The molecule has 170 valence electrons. The van der Waals surface area contributed by atoms with Gasteiger partial charge in [-0.1, -0.05) is 12.1 Å². The van der Waals surface area contributed by atoms with Crippen LogP contribution in [0.15, 0.2) is 29.2 Å². The van der Waals surface area contributed by atoms with Gasteiger partial charge in [-0.3, -0.25) is 0 Å². The van der Waals surface area contributed by atoms with E-state index in [0.717, 1.165) is 67.5 Å². The maximum absolute atomic E-state index is 14.5. The highest BCUT2D eigenvalue weighted by molar-refractivity contribution is 7.90. The van der Waals surface area contributed by atoms with E-state index in [1.165, 1.54) is 17.2 Å². The predicted octanol–water partition coefficient (Wildman–Crippen LogP) is 3.53. The number of nitrogens with one attached hydrogen (secondary N) is 2. The zero-order valence-corrected chi connectivity index (χ0v) is 18.6. The third-order valence-corrected chi connectivity index (χ3v) is 7.87. The van der Waals surface area contributed by atoms with E-state index in [4.69, 9.17) is 9.47 Å². The lowest BCUT2D eigenvalue weighted by Crippen LogP contribution is -2.35. The van der Waals surface area contributed by atoms with E-state index in [0.29, 0.717) is 18.8 Å². The number of hydrogen-bond donors (Lipinski definition) is 2. The molecule has 7 nitrogen and oxygen atoms in total. The Morgan fingerprint density at radius 1 is 1.00 bits per heavy atom. The second-order valence-corrected chi connectivity index (χ2v) is 10.2. The van der Waals surface area contributed by atoms with Gasteiger partial charge in [-0.15, -0.1) is 0 Å². The Morgan fingerprint density at radius 3 is 2.25 bits per heavy atom. The van der Waals surface area contributed by atoms with Gasteiger partial charge in [0.1, 0.15) is 10.7 Å². The van der Waals surface area contributed by atoms with Crippen molar-refractivity contribution in [3.63, 3.8) is 0 Å². The smallest absolute Gasteiger partial charge is 0.333 e. The van der Waals surface area contributed by atoms with Crippen LogP contribution in [0.5, 0.6) is 0 Å². The Morgan fingerprint density at radius 2 is 1.62 bits per heavy atom. The van der Waals surface area contributed by atoms with Crippen LogP contribution in [0.2, 0.25) is 0 Å². The van der Waals surface area contributed by atoms with Crippen molar-refractivity contribution in [1.29, 1.82) is 0 Å². The molecule has 1 heterocycles. The molecule has 2 amide bonds. The Hall–Kier alpha value is -2.49. The SMILES string of the molecule is CC1(c2ccc(F)c(S(=O)(=O)NC(=O)Nc3c4c(cc5c3CCC5)CCC4)c2)OCCO1. The Labute approximate surface area is 186 Å². The lowest BCUT2D eigenvalue weighted by Gasteiger charge is -2.23. The zero-order chi connectivity index (χ0) is 22.5.